The molecule has 1 aromatic heterocycles. The van der Waals surface area contributed by atoms with Crippen molar-refractivity contribution < 1.29 is 29.0 Å². The Balaban J connectivity index is 1.48. The molecular formula is C22H24N4O7. The van der Waals surface area contributed by atoms with Crippen LogP contribution in [0.4, 0.5) is 4.79 Å². The molecule has 11 heteroatoms. The number of carbonyl (C=O) groups excluding carboxylic acids is 2. The van der Waals surface area contributed by atoms with E-state index in [4.69, 9.17) is 14.6 Å². The summed E-state index contributed by atoms with van der Waals surface area (Å²) in [5.74, 6) is 5.09. The van der Waals surface area contributed by atoms with Gasteiger partial charge in [-0.25, -0.2) is 9.59 Å². The fraction of sp³-hybridized carbons (Fsp3) is 0.455. The molecule has 2 atom stereocenters. The van der Waals surface area contributed by atoms with Gasteiger partial charge in [0.25, 0.3) is 0 Å². The minimum Gasteiger partial charge on any atom is -0.465 e. The molecular weight excluding hydrogens is 432 g/mol. The smallest absolute Gasteiger partial charge is 0.407 e. The molecule has 3 heterocycles. The van der Waals surface area contributed by atoms with Gasteiger partial charge in [-0.3, -0.25) is 24.0 Å². The van der Waals surface area contributed by atoms with Crippen molar-refractivity contribution in [3.63, 3.8) is 0 Å². The van der Waals surface area contributed by atoms with Crippen LogP contribution in [-0.4, -0.2) is 76.1 Å². The lowest BCUT2D eigenvalue weighted by Crippen LogP contribution is -2.46. The molecule has 11 nitrogen and oxygen atoms in total. The number of piperidine rings is 1. The molecule has 3 amide bonds. The molecule has 0 bridgehead atoms. The van der Waals surface area contributed by atoms with E-state index in [1.807, 2.05) is 0 Å². The molecule has 0 radical (unpaired) electrons. The summed E-state index contributed by atoms with van der Waals surface area (Å²) in [5, 5.41) is 11.4. The van der Waals surface area contributed by atoms with Crippen LogP contribution in [0.15, 0.2) is 23.0 Å². The minimum absolute atomic E-state index is 0.102. The van der Waals surface area contributed by atoms with Gasteiger partial charge in [0, 0.05) is 20.0 Å². The van der Waals surface area contributed by atoms with Gasteiger partial charge < -0.3 is 19.5 Å². The highest BCUT2D eigenvalue weighted by atomic mass is 16.5. The number of hydrogen-bond acceptors (Lipinski definition) is 6. The number of fused-ring (bicyclic) bond motifs is 1. The first-order chi connectivity index (χ1) is 15.9. The summed E-state index contributed by atoms with van der Waals surface area (Å²) < 4.78 is 13.9. The van der Waals surface area contributed by atoms with Crippen molar-refractivity contribution in [1.82, 2.24) is 19.4 Å². The lowest BCUT2D eigenvalue weighted by molar-refractivity contribution is -0.135. The van der Waals surface area contributed by atoms with Crippen molar-refractivity contribution in [2.75, 3.05) is 32.9 Å². The molecule has 2 aliphatic rings. The first-order valence-corrected chi connectivity index (χ1v) is 10.6. The van der Waals surface area contributed by atoms with Crippen LogP contribution in [0.3, 0.4) is 0 Å². The Morgan fingerprint density at radius 3 is 2.91 bits per heavy atom. The molecule has 2 saturated heterocycles. The molecule has 2 aromatic rings. The second-order valence-electron chi connectivity index (χ2n) is 7.89. The molecule has 0 spiro atoms. The van der Waals surface area contributed by atoms with Crippen LogP contribution in [0.25, 0.3) is 11.0 Å². The lowest BCUT2D eigenvalue weighted by atomic mass is 10.1. The first-order valence-electron chi connectivity index (χ1n) is 10.6. The number of ether oxygens (including phenoxy) is 2. The second kappa shape index (κ2) is 9.48. The van der Waals surface area contributed by atoms with Gasteiger partial charge in [0.15, 0.2) is 0 Å². The number of imide groups is 1. The number of carbonyl (C=O) groups is 3. The highest BCUT2D eigenvalue weighted by molar-refractivity contribution is 6.00. The van der Waals surface area contributed by atoms with Crippen LogP contribution in [0.2, 0.25) is 0 Å². The zero-order chi connectivity index (χ0) is 23.5. The number of para-hydroxylation sites is 1. The van der Waals surface area contributed by atoms with Crippen molar-refractivity contribution >= 4 is 28.9 Å². The number of benzene rings is 1. The van der Waals surface area contributed by atoms with E-state index in [-0.39, 0.29) is 50.3 Å². The summed E-state index contributed by atoms with van der Waals surface area (Å²) in [6.07, 6.45) is -0.893. The van der Waals surface area contributed by atoms with E-state index in [0.29, 0.717) is 29.7 Å². The van der Waals surface area contributed by atoms with Crippen molar-refractivity contribution in [3.05, 3.63) is 34.2 Å². The van der Waals surface area contributed by atoms with Crippen LogP contribution < -0.4 is 11.0 Å². The molecule has 2 fully saturated rings. The SMILES string of the molecule is Cn1c(=O)n(C2CCC(=O)NC2=O)c2cccc(C#CCOC[C@@H]3CN(C(=O)O)CCO3)c21. The van der Waals surface area contributed by atoms with Gasteiger partial charge in [0.05, 0.1) is 42.5 Å². The van der Waals surface area contributed by atoms with Gasteiger partial charge in [0.1, 0.15) is 12.6 Å². The van der Waals surface area contributed by atoms with E-state index < -0.39 is 18.0 Å². The largest absolute Gasteiger partial charge is 0.465 e. The number of nitrogens with zero attached hydrogens (tertiary/aromatic N) is 3. The van der Waals surface area contributed by atoms with Crippen molar-refractivity contribution in [3.8, 4) is 11.8 Å². The number of aromatic nitrogens is 2. The molecule has 1 unspecified atom stereocenters. The lowest BCUT2D eigenvalue weighted by Gasteiger charge is -2.30. The fourth-order valence-electron chi connectivity index (χ4n) is 4.14. The van der Waals surface area contributed by atoms with Gasteiger partial charge >= 0.3 is 11.8 Å². The number of imidazole rings is 1. The number of amides is 3. The number of aryl methyl sites for hydroxylation is 1. The van der Waals surface area contributed by atoms with Crippen molar-refractivity contribution in [2.45, 2.75) is 25.0 Å². The third-order valence-electron chi connectivity index (χ3n) is 5.73. The standard InChI is InChI=1S/C22H24N4O7/c1-24-19-14(5-3-10-32-13-15-12-25(22(30)31)9-11-33-15)4-2-6-16(19)26(21(24)29)17-7-8-18(27)23-20(17)28/h2,4,6,15,17H,7-13H2,1H3,(H,30,31)(H,23,27,28)/t15-,17?/m0/s1. The van der Waals surface area contributed by atoms with E-state index in [1.54, 1.807) is 25.2 Å². The molecule has 2 aliphatic heterocycles. The number of carboxylic acid groups (broad SMARTS) is 1. The molecule has 4 rings (SSSR count). The predicted molar refractivity (Wildman–Crippen MR) is 116 cm³/mol. The molecule has 2 N–H and O–H groups in total. The highest BCUT2D eigenvalue weighted by Crippen LogP contribution is 2.24. The normalized spacial score (nSPS) is 20.9. The van der Waals surface area contributed by atoms with Gasteiger partial charge in [-0.2, -0.15) is 0 Å². The summed E-state index contributed by atoms with van der Waals surface area (Å²) in [6, 6.07) is 4.52. The van der Waals surface area contributed by atoms with Crippen LogP contribution in [-0.2, 0) is 26.1 Å². The second-order valence-corrected chi connectivity index (χ2v) is 7.89. The summed E-state index contributed by atoms with van der Waals surface area (Å²) in [4.78, 5) is 49.1. The van der Waals surface area contributed by atoms with E-state index in [9.17, 15) is 19.2 Å². The Labute approximate surface area is 188 Å². The zero-order valence-corrected chi connectivity index (χ0v) is 18.1. The topological polar surface area (TPSA) is 132 Å². The van der Waals surface area contributed by atoms with Gasteiger partial charge in [-0.15, -0.1) is 0 Å². The Bertz CT molecular complexity index is 1220. The molecule has 0 aliphatic carbocycles. The van der Waals surface area contributed by atoms with Crippen LogP contribution >= 0.6 is 0 Å². The maximum Gasteiger partial charge on any atom is 0.407 e. The quantitative estimate of drug-likeness (QED) is 0.378. The monoisotopic (exact) mass is 456 g/mol. The first kappa shape index (κ1) is 22.6. The highest BCUT2D eigenvalue weighted by Gasteiger charge is 2.31. The number of hydrogen-bond donors (Lipinski definition) is 2. The Hall–Kier alpha value is -3.62. The van der Waals surface area contributed by atoms with E-state index in [1.165, 1.54) is 14.0 Å². The summed E-state index contributed by atoms with van der Waals surface area (Å²) in [6.45, 7) is 1.23. The minimum atomic E-state index is -0.981. The van der Waals surface area contributed by atoms with Crippen molar-refractivity contribution in [2.24, 2.45) is 7.05 Å². The maximum absolute atomic E-state index is 12.9. The van der Waals surface area contributed by atoms with Gasteiger partial charge in [-0.1, -0.05) is 17.9 Å². The molecule has 0 saturated carbocycles. The Morgan fingerprint density at radius 1 is 1.33 bits per heavy atom. The van der Waals surface area contributed by atoms with E-state index in [2.05, 4.69) is 17.2 Å². The van der Waals surface area contributed by atoms with Crippen LogP contribution in [0.5, 0.6) is 0 Å². The number of nitrogens with one attached hydrogen (secondary N) is 1. The summed E-state index contributed by atoms with van der Waals surface area (Å²) in [5.41, 5.74) is 1.40. The zero-order valence-electron chi connectivity index (χ0n) is 18.1. The molecule has 174 valence electrons. The molecule has 1 aromatic carbocycles. The molecule has 33 heavy (non-hydrogen) atoms. The van der Waals surface area contributed by atoms with E-state index >= 15 is 0 Å². The Morgan fingerprint density at radius 2 is 2.15 bits per heavy atom. The summed E-state index contributed by atoms with van der Waals surface area (Å²) in [7, 11) is 1.61. The predicted octanol–water partition coefficient (Wildman–Crippen LogP) is 0.0646. The average Bonchev–Trinajstić information content (AvgIpc) is 3.05. The van der Waals surface area contributed by atoms with Gasteiger partial charge in [-0.05, 0) is 18.6 Å². The summed E-state index contributed by atoms with van der Waals surface area (Å²) >= 11 is 0. The average molecular weight is 456 g/mol. The van der Waals surface area contributed by atoms with Crippen molar-refractivity contribution in [1.29, 1.82) is 0 Å². The third-order valence-corrected chi connectivity index (χ3v) is 5.73. The maximum atomic E-state index is 12.9. The van der Waals surface area contributed by atoms with Crippen LogP contribution in [0, 0.1) is 11.8 Å². The fourth-order valence-corrected chi connectivity index (χ4v) is 4.14. The van der Waals surface area contributed by atoms with E-state index in [0.717, 1.165) is 0 Å². The van der Waals surface area contributed by atoms with Gasteiger partial charge in [0.2, 0.25) is 11.8 Å². The Kier molecular flexibility index (Phi) is 6.48. The third kappa shape index (κ3) is 4.62. The number of rotatable bonds is 4. The van der Waals surface area contributed by atoms with Crippen LogP contribution in [0.1, 0.15) is 24.4 Å². The number of morpholine rings is 1.